The molecule has 0 aromatic heterocycles. The first kappa shape index (κ1) is 16.0. The molecule has 0 rings (SSSR count). The summed E-state index contributed by atoms with van der Waals surface area (Å²) in [6, 6.07) is 0. The fourth-order valence-corrected chi connectivity index (χ4v) is 2.05. The molecule has 1 N–H and O–H groups in total. The molecule has 16 heavy (non-hydrogen) atoms. The number of rotatable bonds is 11. The van der Waals surface area contributed by atoms with Gasteiger partial charge in [0.2, 0.25) is 0 Å². The zero-order valence-corrected chi connectivity index (χ0v) is 11.7. The van der Waals surface area contributed by atoms with Gasteiger partial charge in [0.1, 0.15) is 0 Å². The van der Waals surface area contributed by atoms with Gasteiger partial charge < -0.3 is 5.11 Å². The number of hydrogen-bond donors (Lipinski definition) is 1. The van der Waals surface area contributed by atoms with E-state index in [1.54, 1.807) is 0 Å². The standard InChI is InChI=1S/C15H32O/c1-14(2)12-10-8-6-4-5-7-9-11-13-15(3)16/h14-16H,4-13H2,1-3H3/t15-/m0/s1. The minimum absolute atomic E-state index is 0.101. The Labute approximate surface area is 103 Å². The van der Waals surface area contributed by atoms with Crippen molar-refractivity contribution < 1.29 is 5.11 Å². The van der Waals surface area contributed by atoms with E-state index >= 15 is 0 Å². The molecule has 0 amide bonds. The van der Waals surface area contributed by atoms with Crippen LogP contribution in [0.25, 0.3) is 0 Å². The molecule has 0 radical (unpaired) electrons. The van der Waals surface area contributed by atoms with E-state index in [1.807, 2.05) is 6.92 Å². The molecule has 0 aliphatic rings. The van der Waals surface area contributed by atoms with Crippen LogP contribution in [0.3, 0.4) is 0 Å². The highest BCUT2D eigenvalue weighted by Gasteiger charge is 1.96. The van der Waals surface area contributed by atoms with Gasteiger partial charge in [0, 0.05) is 0 Å². The first-order valence-corrected chi connectivity index (χ1v) is 7.31. The van der Waals surface area contributed by atoms with Crippen LogP contribution in [0.5, 0.6) is 0 Å². The molecule has 1 heteroatoms. The van der Waals surface area contributed by atoms with Crippen LogP contribution in [-0.2, 0) is 0 Å². The van der Waals surface area contributed by atoms with Gasteiger partial charge in [-0.2, -0.15) is 0 Å². The first-order chi connectivity index (χ1) is 7.63. The Kier molecular flexibility index (Phi) is 11.4. The number of aliphatic hydroxyl groups is 1. The molecule has 0 unspecified atom stereocenters. The van der Waals surface area contributed by atoms with Crippen LogP contribution < -0.4 is 0 Å². The Hall–Kier alpha value is -0.0400. The third kappa shape index (κ3) is 14.0. The molecule has 0 aromatic carbocycles. The van der Waals surface area contributed by atoms with Gasteiger partial charge >= 0.3 is 0 Å². The predicted molar refractivity (Wildman–Crippen MR) is 72.7 cm³/mol. The molecule has 0 aromatic rings. The maximum absolute atomic E-state index is 9.10. The second-order valence-electron chi connectivity index (χ2n) is 5.65. The molecule has 0 fully saturated rings. The Balaban J connectivity index is 2.93. The van der Waals surface area contributed by atoms with Crippen molar-refractivity contribution in [2.75, 3.05) is 0 Å². The predicted octanol–water partition coefficient (Wildman–Crippen LogP) is 4.92. The Bertz CT molecular complexity index is 113. The summed E-state index contributed by atoms with van der Waals surface area (Å²) in [6.45, 7) is 6.50. The molecule has 0 aliphatic heterocycles. The van der Waals surface area contributed by atoms with Gasteiger partial charge in [-0.15, -0.1) is 0 Å². The number of aliphatic hydroxyl groups excluding tert-OH is 1. The first-order valence-electron chi connectivity index (χ1n) is 7.31. The van der Waals surface area contributed by atoms with E-state index in [-0.39, 0.29) is 6.10 Å². The Morgan fingerprint density at radius 1 is 0.625 bits per heavy atom. The average Bonchev–Trinajstić information content (AvgIpc) is 2.20. The lowest BCUT2D eigenvalue weighted by atomic mass is 10.0. The molecule has 0 spiro atoms. The quantitative estimate of drug-likeness (QED) is 0.497. The lowest BCUT2D eigenvalue weighted by Crippen LogP contribution is -1.98. The highest BCUT2D eigenvalue weighted by molar-refractivity contribution is 4.51. The maximum atomic E-state index is 9.10. The van der Waals surface area contributed by atoms with E-state index in [2.05, 4.69) is 13.8 Å². The fraction of sp³-hybridized carbons (Fsp3) is 1.00. The second kappa shape index (κ2) is 11.4. The van der Waals surface area contributed by atoms with Crippen LogP contribution in [-0.4, -0.2) is 11.2 Å². The Morgan fingerprint density at radius 2 is 1.00 bits per heavy atom. The number of unbranched alkanes of at least 4 members (excludes halogenated alkanes) is 7. The lowest BCUT2D eigenvalue weighted by molar-refractivity contribution is 0.180. The van der Waals surface area contributed by atoms with Crippen molar-refractivity contribution in [1.29, 1.82) is 0 Å². The smallest absolute Gasteiger partial charge is 0.0512 e. The van der Waals surface area contributed by atoms with Crippen molar-refractivity contribution in [3.63, 3.8) is 0 Å². The van der Waals surface area contributed by atoms with Gasteiger partial charge in [0.25, 0.3) is 0 Å². The second-order valence-corrected chi connectivity index (χ2v) is 5.65. The fourth-order valence-electron chi connectivity index (χ4n) is 2.05. The van der Waals surface area contributed by atoms with Crippen molar-refractivity contribution in [2.24, 2.45) is 5.92 Å². The molecule has 0 heterocycles. The summed E-state index contributed by atoms with van der Waals surface area (Å²) in [5.74, 6) is 0.875. The van der Waals surface area contributed by atoms with Gasteiger partial charge in [0.05, 0.1) is 6.10 Å². The summed E-state index contributed by atoms with van der Waals surface area (Å²) in [4.78, 5) is 0. The van der Waals surface area contributed by atoms with Crippen molar-refractivity contribution in [3.05, 3.63) is 0 Å². The minimum Gasteiger partial charge on any atom is -0.393 e. The topological polar surface area (TPSA) is 20.2 Å². The van der Waals surface area contributed by atoms with Crippen LogP contribution in [0, 0.1) is 5.92 Å². The van der Waals surface area contributed by atoms with E-state index in [4.69, 9.17) is 5.11 Å². The van der Waals surface area contributed by atoms with E-state index in [0.717, 1.165) is 12.3 Å². The number of hydrogen-bond acceptors (Lipinski definition) is 1. The van der Waals surface area contributed by atoms with Crippen molar-refractivity contribution >= 4 is 0 Å². The zero-order valence-electron chi connectivity index (χ0n) is 11.7. The normalized spacial score (nSPS) is 13.3. The minimum atomic E-state index is -0.101. The van der Waals surface area contributed by atoms with Gasteiger partial charge in [-0.1, -0.05) is 71.6 Å². The molecular formula is C15H32O. The van der Waals surface area contributed by atoms with E-state index in [1.165, 1.54) is 57.8 Å². The molecule has 0 saturated heterocycles. The van der Waals surface area contributed by atoms with Gasteiger partial charge in [0.15, 0.2) is 0 Å². The summed E-state index contributed by atoms with van der Waals surface area (Å²) in [5, 5.41) is 9.10. The molecule has 0 saturated carbocycles. The van der Waals surface area contributed by atoms with Crippen LogP contribution >= 0.6 is 0 Å². The van der Waals surface area contributed by atoms with E-state index in [9.17, 15) is 0 Å². The molecular weight excluding hydrogens is 196 g/mol. The van der Waals surface area contributed by atoms with Crippen LogP contribution in [0.1, 0.15) is 85.0 Å². The third-order valence-electron chi connectivity index (χ3n) is 3.15. The van der Waals surface area contributed by atoms with Crippen LogP contribution in [0.15, 0.2) is 0 Å². The maximum Gasteiger partial charge on any atom is 0.0512 e. The van der Waals surface area contributed by atoms with Gasteiger partial charge in [-0.25, -0.2) is 0 Å². The van der Waals surface area contributed by atoms with Gasteiger partial charge in [-0.3, -0.25) is 0 Å². The molecule has 0 bridgehead atoms. The molecule has 1 nitrogen and oxygen atoms in total. The van der Waals surface area contributed by atoms with E-state index < -0.39 is 0 Å². The van der Waals surface area contributed by atoms with Crippen LogP contribution in [0.2, 0.25) is 0 Å². The van der Waals surface area contributed by atoms with Crippen molar-refractivity contribution in [3.8, 4) is 0 Å². The summed E-state index contributed by atoms with van der Waals surface area (Å²) in [5.41, 5.74) is 0. The summed E-state index contributed by atoms with van der Waals surface area (Å²) in [7, 11) is 0. The monoisotopic (exact) mass is 228 g/mol. The van der Waals surface area contributed by atoms with E-state index in [0.29, 0.717) is 0 Å². The molecule has 0 aliphatic carbocycles. The summed E-state index contributed by atoms with van der Waals surface area (Å²) >= 11 is 0. The largest absolute Gasteiger partial charge is 0.393 e. The summed E-state index contributed by atoms with van der Waals surface area (Å²) < 4.78 is 0. The average molecular weight is 228 g/mol. The molecule has 1 atom stereocenters. The van der Waals surface area contributed by atoms with Crippen molar-refractivity contribution in [1.82, 2.24) is 0 Å². The summed E-state index contributed by atoms with van der Waals surface area (Å²) in [6.07, 6.45) is 13.2. The lowest BCUT2D eigenvalue weighted by Gasteiger charge is -2.05. The highest BCUT2D eigenvalue weighted by atomic mass is 16.3. The Morgan fingerprint density at radius 3 is 1.38 bits per heavy atom. The van der Waals surface area contributed by atoms with Crippen molar-refractivity contribution in [2.45, 2.75) is 91.1 Å². The SMILES string of the molecule is CC(C)CCCCCCCCCC[C@H](C)O. The third-order valence-corrected chi connectivity index (χ3v) is 3.15. The van der Waals surface area contributed by atoms with Gasteiger partial charge in [-0.05, 0) is 19.3 Å². The highest BCUT2D eigenvalue weighted by Crippen LogP contribution is 2.13. The van der Waals surface area contributed by atoms with Crippen LogP contribution in [0.4, 0.5) is 0 Å². The zero-order chi connectivity index (χ0) is 12.2. The molecule has 98 valence electrons.